The Kier molecular flexibility index (Phi) is 9.52. The molecular weight excluding hydrogens is 390 g/mol. The van der Waals surface area contributed by atoms with Crippen LogP contribution in [0.15, 0.2) is 24.3 Å². The van der Waals surface area contributed by atoms with Crippen LogP contribution in [0.25, 0.3) is 0 Å². The van der Waals surface area contributed by atoms with Crippen LogP contribution >= 0.6 is 12.4 Å². The lowest BCUT2D eigenvalue weighted by Crippen LogP contribution is -2.47. The third-order valence-corrected chi connectivity index (χ3v) is 6.10. The van der Waals surface area contributed by atoms with Crippen LogP contribution in [-0.4, -0.2) is 53.4 Å². The van der Waals surface area contributed by atoms with Gasteiger partial charge in [-0.15, -0.1) is 12.4 Å². The van der Waals surface area contributed by atoms with Gasteiger partial charge in [0.25, 0.3) is 5.91 Å². The number of rotatable bonds is 9. The molecule has 7 nitrogen and oxygen atoms in total. The van der Waals surface area contributed by atoms with E-state index < -0.39 is 10.0 Å². The number of carbonyl (C=O) groups is 1. The number of amides is 1. The molecule has 1 heterocycles. The molecule has 3 N–H and O–H groups in total. The number of nitrogens with one attached hydrogen (secondary N) is 3. The standard InChI is InChI=1S/C18H29N3O4S.ClH/c1-3-11-26(23,24)21-16-6-4-5-15(12-16)17(22)20-13-18(14-25-2)7-9-19-10-8-18;/h4-6,12,19,21H,3,7-11,13-14H2,1-2H3,(H,20,22);1H. The molecule has 154 valence electrons. The first-order valence-corrected chi connectivity index (χ1v) is 10.6. The molecule has 0 bridgehead atoms. The van der Waals surface area contributed by atoms with Crippen LogP contribution in [0, 0.1) is 5.41 Å². The summed E-state index contributed by atoms with van der Waals surface area (Å²) in [5.74, 6) is -0.160. The number of hydrogen-bond donors (Lipinski definition) is 3. The van der Waals surface area contributed by atoms with Crippen LogP contribution in [0.4, 0.5) is 5.69 Å². The largest absolute Gasteiger partial charge is 0.384 e. The number of anilines is 1. The Bertz CT molecular complexity index is 701. The third kappa shape index (κ3) is 7.29. The highest BCUT2D eigenvalue weighted by atomic mass is 35.5. The zero-order valence-corrected chi connectivity index (χ0v) is 17.5. The summed E-state index contributed by atoms with van der Waals surface area (Å²) in [7, 11) is -1.70. The van der Waals surface area contributed by atoms with Crippen LogP contribution < -0.4 is 15.4 Å². The van der Waals surface area contributed by atoms with E-state index in [1.54, 1.807) is 38.3 Å². The Morgan fingerprint density at radius 1 is 1.30 bits per heavy atom. The lowest BCUT2D eigenvalue weighted by molar-refractivity contribution is 0.0512. The number of ether oxygens (including phenoxy) is 1. The molecule has 0 atom stereocenters. The van der Waals surface area contributed by atoms with Gasteiger partial charge in [0.1, 0.15) is 0 Å². The minimum atomic E-state index is -3.38. The fourth-order valence-corrected chi connectivity index (χ4v) is 4.35. The van der Waals surface area contributed by atoms with E-state index in [2.05, 4.69) is 15.4 Å². The monoisotopic (exact) mass is 419 g/mol. The van der Waals surface area contributed by atoms with Crippen molar-refractivity contribution in [2.24, 2.45) is 5.41 Å². The molecule has 0 aliphatic carbocycles. The molecule has 1 fully saturated rings. The minimum Gasteiger partial charge on any atom is -0.384 e. The van der Waals surface area contributed by atoms with Crippen LogP contribution in [0.2, 0.25) is 0 Å². The minimum absolute atomic E-state index is 0. The van der Waals surface area contributed by atoms with Crippen molar-refractivity contribution in [1.29, 1.82) is 0 Å². The summed E-state index contributed by atoms with van der Waals surface area (Å²) in [6, 6.07) is 6.56. The molecule has 9 heteroatoms. The second-order valence-corrected chi connectivity index (χ2v) is 8.71. The number of halogens is 1. The van der Waals surface area contributed by atoms with Gasteiger partial charge in [-0.25, -0.2) is 8.42 Å². The highest BCUT2D eigenvalue weighted by Gasteiger charge is 2.32. The predicted octanol–water partition coefficient (Wildman–Crippen LogP) is 2.01. The first-order chi connectivity index (χ1) is 12.4. The lowest BCUT2D eigenvalue weighted by atomic mass is 9.79. The zero-order chi connectivity index (χ0) is 19.0. The summed E-state index contributed by atoms with van der Waals surface area (Å²) in [6.07, 6.45) is 2.42. The molecule has 1 amide bonds. The van der Waals surface area contributed by atoms with E-state index in [0.29, 0.717) is 30.8 Å². The van der Waals surface area contributed by atoms with E-state index in [0.717, 1.165) is 25.9 Å². The Balaban J connectivity index is 0.00000364. The highest BCUT2D eigenvalue weighted by molar-refractivity contribution is 7.92. The Labute approximate surface area is 168 Å². The van der Waals surface area contributed by atoms with Gasteiger partial charge >= 0.3 is 0 Å². The molecule has 1 aromatic carbocycles. The molecule has 1 aromatic rings. The number of methoxy groups -OCH3 is 1. The summed E-state index contributed by atoms with van der Waals surface area (Å²) in [4.78, 5) is 12.5. The maximum absolute atomic E-state index is 12.5. The van der Waals surface area contributed by atoms with Gasteiger partial charge in [-0.1, -0.05) is 13.0 Å². The predicted molar refractivity (Wildman–Crippen MR) is 110 cm³/mol. The van der Waals surface area contributed by atoms with E-state index in [4.69, 9.17) is 4.74 Å². The van der Waals surface area contributed by atoms with Gasteiger partial charge in [-0.3, -0.25) is 9.52 Å². The van der Waals surface area contributed by atoms with E-state index >= 15 is 0 Å². The molecule has 0 unspecified atom stereocenters. The average molecular weight is 420 g/mol. The van der Waals surface area contributed by atoms with Gasteiger partial charge in [0.05, 0.1) is 12.4 Å². The number of piperidine rings is 1. The van der Waals surface area contributed by atoms with Crippen molar-refractivity contribution in [3.63, 3.8) is 0 Å². The lowest BCUT2D eigenvalue weighted by Gasteiger charge is -2.37. The molecule has 0 saturated carbocycles. The normalized spacial score (nSPS) is 16.2. The number of carbonyl (C=O) groups excluding carboxylic acids is 1. The molecule has 0 spiro atoms. The van der Waals surface area contributed by atoms with Crippen molar-refractivity contribution in [3.05, 3.63) is 29.8 Å². The van der Waals surface area contributed by atoms with E-state index in [-0.39, 0.29) is 29.5 Å². The van der Waals surface area contributed by atoms with Crippen molar-refractivity contribution < 1.29 is 17.9 Å². The quantitative estimate of drug-likeness (QED) is 0.569. The summed E-state index contributed by atoms with van der Waals surface area (Å²) >= 11 is 0. The summed E-state index contributed by atoms with van der Waals surface area (Å²) in [6.45, 7) is 4.76. The summed E-state index contributed by atoms with van der Waals surface area (Å²) < 4.78 is 31.7. The number of benzene rings is 1. The van der Waals surface area contributed by atoms with Gasteiger partial charge in [0.15, 0.2) is 0 Å². The molecular formula is C18H30ClN3O4S. The van der Waals surface area contributed by atoms with E-state index in [1.165, 1.54) is 0 Å². The second kappa shape index (κ2) is 10.8. The maximum atomic E-state index is 12.5. The van der Waals surface area contributed by atoms with Crippen molar-refractivity contribution >= 4 is 34.0 Å². The van der Waals surface area contributed by atoms with Crippen LogP contribution in [0.3, 0.4) is 0 Å². The molecule has 2 rings (SSSR count). The fraction of sp³-hybridized carbons (Fsp3) is 0.611. The average Bonchev–Trinajstić information content (AvgIpc) is 2.60. The summed E-state index contributed by atoms with van der Waals surface area (Å²) in [5.41, 5.74) is 0.776. The number of hydrogen-bond acceptors (Lipinski definition) is 5. The van der Waals surface area contributed by atoms with Crippen molar-refractivity contribution in [2.75, 3.05) is 43.8 Å². The molecule has 1 aliphatic rings. The van der Waals surface area contributed by atoms with Crippen LogP contribution in [0.1, 0.15) is 36.5 Å². The molecule has 1 aliphatic heterocycles. The van der Waals surface area contributed by atoms with Gasteiger partial charge in [-0.2, -0.15) is 0 Å². The van der Waals surface area contributed by atoms with Gasteiger partial charge in [-0.05, 0) is 50.6 Å². The molecule has 0 aromatic heterocycles. The molecule has 0 radical (unpaired) electrons. The van der Waals surface area contributed by atoms with Crippen LogP contribution in [0.5, 0.6) is 0 Å². The van der Waals surface area contributed by atoms with Crippen molar-refractivity contribution in [2.45, 2.75) is 26.2 Å². The Morgan fingerprint density at radius 2 is 2.00 bits per heavy atom. The molecule has 27 heavy (non-hydrogen) atoms. The topological polar surface area (TPSA) is 96.5 Å². The number of sulfonamides is 1. The van der Waals surface area contributed by atoms with Gasteiger partial charge in [0.2, 0.25) is 10.0 Å². The Morgan fingerprint density at radius 3 is 2.63 bits per heavy atom. The summed E-state index contributed by atoms with van der Waals surface area (Å²) in [5, 5.41) is 6.31. The smallest absolute Gasteiger partial charge is 0.251 e. The van der Waals surface area contributed by atoms with E-state index in [9.17, 15) is 13.2 Å². The maximum Gasteiger partial charge on any atom is 0.251 e. The second-order valence-electron chi connectivity index (χ2n) is 6.87. The third-order valence-electron chi connectivity index (χ3n) is 4.61. The van der Waals surface area contributed by atoms with Crippen molar-refractivity contribution in [1.82, 2.24) is 10.6 Å². The zero-order valence-electron chi connectivity index (χ0n) is 15.9. The first kappa shape index (κ1) is 23.7. The Hall–Kier alpha value is -1.35. The van der Waals surface area contributed by atoms with Gasteiger partial charge < -0.3 is 15.4 Å². The molecule has 1 saturated heterocycles. The first-order valence-electron chi connectivity index (χ1n) is 8.98. The van der Waals surface area contributed by atoms with Gasteiger partial charge in [0, 0.05) is 30.3 Å². The van der Waals surface area contributed by atoms with Crippen molar-refractivity contribution in [3.8, 4) is 0 Å². The van der Waals surface area contributed by atoms with E-state index in [1.807, 2.05) is 0 Å². The SMILES string of the molecule is CCCS(=O)(=O)Nc1cccc(C(=O)NCC2(COC)CCNCC2)c1.Cl. The van der Waals surface area contributed by atoms with Crippen LogP contribution in [-0.2, 0) is 14.8 Å². The highest BCUT2D eigenvalue weighted by Crippen LogP contribution is 2.28. The fourth-order valence-electron chi connectivity index (χ4n) is 3.23.